The highest BCUT2D eigenvalue weighted by Crippen LogP contribution is 2.49. The maximum absolute atomic E-state index is 12.0. The monoisotopic (exact) mass is 415 g/mol. The molecule has 30 heavy (non-hydrogen) atoms. The SMILES string of the molecule is O=C(O)C1(Sc2nc3cnccc3n2-c2ccc(C3CC3)c3ccccc23)CCC1. The molecule has 0 amide bonds. The Morgan fingerprint density at radius 2 is 1.90 bits per heavy atom. The lowest BCUT2D eigenvalue weighted by atomic mass is 9.84. The summed E-state index contributed by atoms with van der Waals surface area (Å²) < 4.78 is 1.35. The molecule has 2 saturated carbocycles. The molecule has 2 aromatic heterocycles. The van der Waals surface area contributed by atoms with Crippen molar-refractivity contribution in [3.05, 3.63) is 60.4 Å². The van der Waals surface area contributed by atoms with E-state index in [1.165, 1.54) is 40.9 Å². The van der Waals surface area contributed by atoms with E-state index in [4.69, 9.17) is 4.98 Å². The van der Waals surface area contributed by atoms with Crippen molar-refractivity contribution >= 4 is 39.5 Å². The van der Waals surface area contributed by atoms with E-state index in [0.717, 1.165) is 28.3 Å². The number of nitrogens with zero attached hydrogens (tertiary/aromatic N) is 3. The summed E-state index contributed by atoms with van der Waals surface area (Å²) in [6, 6.07) is 14.9. The quantitative estimate of drug-likeness (QED) is 0.463. The van der Waals surface area contributed by atoms with Gasteiger partial charge in [0.1, 0.15) is 10.3 Å². The molecule has 4 aromatic rings. The first-order valence-electron chi connectivity index (χ1n) is 10.4. The van der Waals surface area contributed by atoms with Crippen molar-refractivity contribution in [2.45, 2.75) is 47.9 Å². The van der Waals surface area contributed by atoms with Gasteiger partial charge in [0.05, 0.1) is 17.4 Å². The summed E-state index contributed by atoms with van der Waals surface area (Å²) in [6.45, 7) is 0. The van der Waals surface area contributed by atoms with Crippen LogP contribution in [-0.2, 0) is 4.79 Å². The number of fused-ring (bicyclic) bond motifs is 2. The second kappa shape index (κ2) is 6.57. The molecule has 0 saturated heterocycles. The van der Waals surface area contributed by atoms with Crippen molar-refractivity contribution in [2.24, 2.45) is 0 Å². The maximum Gasteiger partial charge on any atom is 0.320 e. The number of benzene rings is 2. The number of thioether (sulfide) groups is 1. The lowest BCUT2D eigenvalue weighted by molar-refractivity contribution is -0.142. The van der Waals surface area contributed by atoms with Crippen LogP contribution in [0.2, 0.25) is 0 Å². The molecule has 2 aliphatic rings. The number of hydrogen-bond donors (Lipinski definition) is 1. The van der Waals surface area contributed by atoms with Gasteiger partial charge in [0, 0.05) is 11.6 Å². The highest BCUT2D eigenvalue weighted by Gasteiger charge is 2.47. The predicted molar refractivity (Wildman–Crippen MR) is 118 cm³/mol. The molecule has 6 heteroatoms. The average Bonchev–Trinajstić information content (AvgIpc) is 3.50. The number of aromatic nitrogens is 3. The lowest BCUT2D eigenvalue weighted by Gasteiger charge is -2.36. The number of aliphatic carboxylic acids is 1. The van der Waals surface area contributed by atoms with Gasteiger partial charge in [-0.15, -0.1) is 0 Å². The van der Waals surface area contributed by atoms with Crippen molar-refractivity contribution in [3.8, 4) is 5.69 Å². The van der Waals surface area contributed by atoms with E-state index in [1.54, 1.807) is 12.4 Å². The minimum atomic E-state index is -0.781. The van der Waals surface area contributed by atoms with Crippen LogP contribution >= 0.6 is 11.8 Å². The Hall–Kier alpha value is -2.86. The number of carboxylic acid groups (broad SMARTS) is 1. The molecule has 1 N–H and O–H groups in total. The number of carbonyl (C=O) groups is 1. The van der Waals surface area contributed by atoms with Crippen molar-refractivity contribution in [1.82, 2.24) is 14.5 Å². The van der Waals surface area contributed by atoms with Gasteiger partial charge in [0.15, 0.2) is 5.16 Å². The lowest BCUT2D eigenvalue weighted by Crippen LogP contribution is -2.42. The molecule has 0 radical (unpaired) electrons. The Bertz CT molecular complexity index is 1300. The molecule has 0 aliphatic heterocycles. The van der Waals surface area contributed by atoms with Crippen molar-refractivity contribution < 1.29 is 9.90 Å². The van der Waals surface area contributed by atoms with Gasteiger partial charge < -0.3 is 5.11 Å². The van der Waals surface area contributed by atoms with E-state index in [-0.39, 0.29) is 0 Å². The van der Waals surface area contributed by atoms with E-state index in [1.807, 2.05) is 6.07 Å². The molecular weight excluding hydrogens is 394 g/mol. The Morgan fingerprint density at radius 3 is 2.60 bits per heavy atom. The number of imidazole rings is 1. The smallest absolute Gasteiger partial charge is 0.320 e. The minimum absolute atomic E-state index is 0.659. The Kier molecular flexibility index (Phi) is 3.93. The van der Waals surface area contributed by atoms with E-state index in [0.29, 0.717) is 18.8 Å². The number of pyridine rings is 1. The summed E-state index contributed by atoms with van der Waals surface area (Å²) in [5, 5.41) is 13.1. The zero-order valence-corrected chi connectivity index (χ0v) is 17.2. The second-order valence-corrected chi connectivity index (χ2v) is 9.69. The molecule has 0 unspecified atom stereocenters. The van der Waals surface area contributed by atoms with Crippen LogP contribution in [0.5, 0.6) is 0 Å². The summed E-state index contributed by atoms with van der Waals surface area (Å²) in [7, 11) is 0. The number of carboxylic acids is 1. The van der Waals surface area contributed by atoms with Gasteiger partial charge in [-0.3, -0.25) is 14.3 Å². The minimum Gasteiger partial charge on any atom is -0.480 e. The van der Waals surface area contributed by atoms with E-state index in [9.17, 15) is 9.90 Å². The molecule has 2 aromatic carbocycles. The van der Waals surface area contributed by atoms with E-state index >= 15 is 0 Å². The zero-order valence-electron chi connectivity index (χ0n) is 16.4. The molecule has 2 fully saturated rings. The van der Waals surface area contributed by atoms with Crippen LogP contribution in [-0.4, -0.2) is 30.4 Å². The third-order valence-corrected chi connectivity index (χ3v) is 7.89. The van der Waals surface area contributed by atoms with Gasteiger partial charge in [-0.25, -0.2) is 4.98 Å². The van der Waals surface area contributed by atoms with E-state index in [2.05, 4.69) is 45.9 Å². The van der Waals surface area contributed by atoms with Crippen LogP contribution in [0.15, 0.2) is 60.0 Å². The summed E-state index contributed by atoms with van der Waals surface area (Å²) in [5.74, 6) is -0.0868. The summed E-state index contributed by atoms with van der Waals surface area (Å²) in [6.07, 6.45) is 8.33. The van der Waals surface area contributed by atoms with Crippen LogP contribution in [0.3, 0.4) is 0 Å². The van der Waals surface area contributed by atoms with Crippen LogP contribution in [0.1, 0.15) is 43.6 Å². The summed E-state index contributed by atoms with van der Waals surface area (Å²) in [4.78, 5) is 21.1. The van der Waals surface area contributed by atoms with Crippen molar-refractivity contribution in [2.75, 3.05) is 0 Å². The fourth-order valence-corrected chi connectivity index (χ4v) is 5.86. The fraction of sp³-hybridized carbons (Fsp3) is 0.292. The van der Waals surface area contributed by atoms with Crippen molar-refractivity contribution in [3.63, 3.8) is 0 Å². The number of rotatable bonds is 5. The first-order valence-corrected chi connectivity index (χ1v) is 11.2. The van der Waals surface area contributed by atoms with Gasteiger partial charge >= 0.3 is 5.97 Å². The third kappa shape index (κ3) is 2.67. The second-order valence-electron chi connectivity index (χ2n) is 8.34. The predicted octanol–water partition coefficient (Wildman–Crippen LogP) is 5.55. The zero-order chi connectivity index (χ0) is 20.3. The van der Waals surface area contributed by atoms with Crippen molar-refractivity contribution in [1.29, 1.82) is 0 Å². The molecule has 0 spiro atoms. The van der Waals surface area contributed by atoms with Crippen LogP contribution in [0.25, 0.3) is 27.5 Å². The molecule has 6 rings (SSSR count). The highest BCUT2D eigenvalue weighted by atomic mass is 32.2. The summed E-state index contributed by atoms with van der Waals surface area (Å²) >= 11 is 1.39. The normalized spacial score (nSPS) is 17.9. The highest BCUT2D eigenvalue weighted by molar-refractivity contribution is 8.01. The largest absolute Gasteiger partial charge is 0.480 e. The molecule has 0 atom stereocenters. The maximum atomic E-state index is 12.0. The topological polar surface area (TPSA) is 68.0 Å². The third-order valence-electron chi connectivity index (χ3n) is 6.46. The molecule has 5 nitrogen and oxygen atoms in total. The van der Waals surface area contributed by atoms with E-state index < -0.39 is 10.7 Å². The van der Waals surface area contributed by atoms with Gasteiger partial charge in [0.25, 0.3) is 0 Å². The molecule has 150 valence electrons. The number of hydrogen-bond acceptors (Lipinski definition) is 4. The molecular formula is C24H21N3O2S. The molecule has 0 bridgehead atoms. The average molecular weight is 416 g/mol. The van der Waals surface area contributed by atoms with Gasteiger partial charge in [-0.1, -0.05) is 42.1 Å². The Balaban J connectivity index is 1.60. The molecule has 2 aliphatic carbocycles. The van der Waals surface area contributed by atoms with Crippen LogP contribution in [0.4, 0.5) is 0 Å². The van der Waals surface area contributed by atoms with Crippen LogP contribution in [0, 0.1) is 0 Å². The molecule has 2 heterocycles. The first kappa shape index (κ1) is 18.0. The standard InChI is InChI=1S/C24H21N3O2S/c28-22(29)24(11-3-12-24)30-23-26-19-14-25-13-10-21(19)27(23)20-9-8-16(15-6-7-15)17-4-1-2-5-18(17)20/h1-2,4-5,8-10,13-15H,3,6-7,11-12H2,(H,28,29). The fourth-order valence-electron chi connectivity index (χ4n) is 4.50. The van der Waals surface area contributed by atoms with Gasteiger partial charge in [-0.2, -0.15) is 0 Å². The van der Waals surface area contributed by atoms with Crippen LogP contribution < -0.4 is 0 Å². The Morgan fingerprint density at radius 1 is 1.10 bits per heavy atom. The first-order chi connectivity index (χ1) is 14.7. The van der Waals surface area contributed by atoms with Gasteiger partial charge in [0.2, 0.25) is 0 Å². The summed E-state index contributed by atoms with van der Waals surface area (Å²) in [5.41, 5.74) is 4.20. The Labute approximate surface area is 178 Å². The van der Waals surface area contributed by atoms with Gasteiger partial charge in [-0.05, 0) is 61.1 Å².